The zero-order valence-corrected chi connectivity index (χ0v) is 13.2. The molecule has 4 heteroatoms. The van der Waals surface area contributed by atoms with Gasteiger partial charge in [0.25, 0.3) is 0 Å². The van der Waals surface area contributed by atoms with E-state index in [-0.39, 0.29) is 5.91 Å². The van der Waals surface area contributed by atoms with E-state index >= 15 is 0 Å². The van der Waals surface area contributed by atoms with Crippen LogP contribution in [0.5, 0.6) is 0 Å². The Morgan fingerprint density at radius 2 is 2.00 bits per heavy atom. The number of rotatable bonds is 10. The molecule has 4 nitrogen and oxygen atoms in total. The molecule has 1 unspecified atom stereocenters. The number of nitrogens with one attached hydrogen (secondary N) is 1. The Hall–Kier alpha value is -0.610. The number of hydrogen-bond acceptors (Lipinski definition) is 3. The van der Waals surface area contributed by atoms with Gasteiger partial charge in [0, 0.05) is 13.1 Å². The molecule has 1 atom stereocenters. The number of amides is 1. The van der Waals surface area contributed by atoms with Crippen LogP contribution in [0.1, 0.15) is 52.4 Å². The van der Waals surface area contributed by atoms with Crippen molar-refractivity contribution in [1.29, 1.82) is 0 Å². The van der Waals surface area contributed by atoms with Crippen LogP contribution in [0.15, 0.2) is 0 Å². The summed E-state index contributed by atoms with van der Waals surface area (Å²) in [6.45, 7) is 8.13. The molecule has 0 saturated heterocycles. The van der Waals surface area contributed by atoms with E-state index in [0.717, 1.165) is 51.4 Å². The summed E-state index contributed by atoms with van der Waals surface area (Å²) in [5, 5.41) is 3.50. The minimum Gasteiger partial charge on any atom is -0.368 e. The van der Waals surface area contributed by atoms with Crippen LogP contribution in [0, 0.1) is 11.8 Å². The second-order valence-electron chi connectivity index (χ2n) is 6.66. The maximum absolute atomic E-state index is 12.2. The van der Waals surface area contributed by atoms with Crippen LogP contribution < -0.4 is 11.1 Å². The van der Waals surface area contributed by atoms with Gasteiger partial charge in [-0.2, -0.15) is 0 Å². The summed E-state index contributed by atoms with van der Waals surface area (Å²) in [5.41, 5.74) is 5.32. The zero-order chi connectivity index (χ0) is 14.6. The van der Waals surface area contributed by atoms with Gasteiger partial charge in [0.1, 0.15) is 5.54 Å². The number of carbonyl (C=O) groups excluding carboxylic acids is 1. The third-order valence-electron chi connectivity index (χ3n) is 5.07. The van der Waals surface area contributed by atoms with Crippen molar-refractivity contribution in [3.63, 3.8) is 0 Å². The van der Waals surface area contributed by atoms with Gasteiger partial charge in [-0.15, -0.1) is 0 Å². The number of nitrogens with two attached hydrogens (primary N) is 1. The third kappa shape index (κ3) is 3.53. The molecule has 0 aliphatic heterocycles. The number of likely N-dealkylation sites (N-methyl/N-ethyl adjacent to an activating group) is 1. The number of hydrogen-bond donors (Lipinski definition) is 2. The first-order chi connectivity index (χ1) is 9.62. The van der Waals surface area contributed by atoms with E-state index in [9.17, 15) is 4.79 Å². The molecule has 0 bridgehead atoms. The summed E-state index contributed by atoms with van der Waals surface area (Å²) in [4.78, 5) is 14.6. The second kappa shape index (κ2) is 6.90. The van der Waals surface area contributed by atoms with Crippen LogP contribution >= 0.6 is 0 Å². The van der Waals surface area contributed by atoms with Gasteiger partial charge in [-0.3, -0.25) is 4.79 Å². The fraction of sp³-hybridized carbons (Fsp3) is 0.938. The molecule has 2 saturated carbocycles. The van der Waals surface area contributed by atoms with E-state index in [2.05, 4.69) is 24.1 Å². The molecule has 2 rings (SSSR count). The van der Waals surface area contributed by atoms with Gasteiger partial charge in [0.05, 0.1) is 0 Å². The Morgan fingerprint density at radius 1 is 1.30 bits per heavy atom. The molecule has 0 aromatic rings. The SMILES string of the molecule is CCCNC(CN(CC)CC1CCC1)(C(N)=O)C1CC1. The predicted molar refractivity (Wildman–Crippen MR) is 82.4 cm³/mol. The smallest absolute Gasteiger partial charge is 0.239 e. The molecule has 3 N–H and O–H groups in total. The Kier molecular flexibility index (Phi) is 5.44. The summed E-state index contributed by atoms with van der Waals surface area (Å²) in [5.74, 6) is 1.13. The second-order valence-corrected chi connectivity index (χ2v) is 6.66. The van der Waals surface area contributed by atoms with Gasteiger partial charge in [0.15, 0.2) is 0 Å². The van der Waals surface area contributed by atoms with E-state index in [1.807, 2.05) is 0 Å². The minimum atomic E-state index is -0.490. The van der Waals surface area contributed by atoms with Crippen LogP contribution in [-0.2, 0) is 4.79 Å². The maximum Gasteiger partial charge on any atom is 0.239 e. The standard InChI is InChI=1S/C16H31N3O/c1-3-10-18-16(15(17)20,14-8-9-14)12-19(4-2)11-13-6-5-7-13/h13-14,18H,3-12H2,1-2H3,(H2,17,20). The van der Waals surface area contributed by atoms with Gasteiger partial charge in [-0.1, -0.05) is 20.3 Å². The van der Waals surface area contributed by atoms with Crippen LogP contribution in [0.25, 0.3) is 0 Å². The Bertz CT molecular complexity index is 326. The lowest BCUT2D eigenvalue weighted by molar-refractivity contribution is -0.126. The molecule has 2 aliphatic carbocycles. The number of carbonyl (C=O) groups is 1. The van der Waals surface area contributed by atoms with Crippen molar-refractivity contribution in [3.8, 4) is 0 Å². The van der Waals surface area contributed by atoms with E-state index in [1.54, 1.807) is 0 Å². The van der Waals surface area contributed by atoms with Crippen molar-refractivity contribution < 1.29 is 4.79 Å². The highest BCUT2D eigenvalue weighted by atomic mass is 16.1. The lowest BCUT2D eigenvalue weighted by atomic mass is 9.84. The Balaban J connectivity index is 2.01. The molecule has 0 aromatic carbocycles. The lowest BCUT2D eigenvalue weighted by Crippen LogP contribution is -2.63. The molecular weight excluding hydrogens is 250 g/mol. The van der Waals surface area contributed by atoms with Crippen LogP contribution in [0.4, 0.5) is 0 Å². The highest BCUT2D eigenvalue weighted by molar-refractivity contribution is 5.86. The van der Waals surface area contributed by atoms with Gasteiger partial charge in [-0.05, 0) is 57.0 Å². The normalized spacial score (nSPS) is 22.6. The van der Waals surface area contributed by atoms with Crippen molar-refractivity contribution in [2.45, 2.75) is 57.9 Å². The predicted octanol–water partition coefficient (Wildman–Crippen LogP) is 1.74. The Labute approximate surface area is 123 Å². The van der Waals surface area contributed by atoms with Gasteiger partial charge < -0.3 is 16.0 Å². The van der Waals surface area contributed by atoms with E-state index in [4.69, 9.17) is 5.73 Å². The molecule has 1 amide bonds. The van der Waals surface area contributed by atoms with Crippen molar-refractivity contribution in [1.82, 2.24) is 10.2 Å². The van der Waals surface area contributed by atoms with E-state index in [0.29, 0.717) is 5.92 Å². The first kappa shape index (κ1) is 15.8. The maximum atomic E-state index is 12.2. The van der Waals surface area contributed by atoms with Crippen molar-refractivity contribution in [2.75, 3.05) is 26.2 Å². The average Bonchev–Trinajstić information content (AvgIpc) is 3.20. The minimum absolute atomic E-state index is 0.152. The van der Waals surface area contributed by atoms with Crippen LogP contribution in [0.3, 0.4) is 0 Å². The highest BCUT2D eigenvalue weighted by Crippen LogP contribution is 2.40. The summed E-state index contributed by atoms with van der Waals surface area (Å²) < 4.78 is 0. The summed E-state index contributed by atoms with van der Waals surface area (Å²) >= 11 is 0. The lowest BCUT2D eigenvalue weighted by Gasteiger charge is -2.39. The fourth-order valence-electron chi connectivity index (χ4n) is 3.32. The van der Waals surface area contributed by atoms with Crippen LogP contribution in [-0.4, -0.2) is 42.5 Å². The van der Waals surface area contributed by atoms with Gasteiger partial charge >= 0.3 is 0 Å². The summed E-state index contributed by atoms with van der Waals surface area (Å²) in [7, 11) is 0. The molecule has 2 aliphatic rings. The summed E-state index contributed by atoms with van der Waals surface area (Å²) in [6, 6.07) is 0. The van der Waals surface area contributed by atoms with Gasteiger partial charge in [0.2, 0.25) is 5.91 Å². The molecule has 0 heterocycles. The molecule has 116 valence electrons. The quantitative estimate of drug-likeness (QED) is 0.641. The molecule has 0 spiro atoms. The van der Waals surface area contributed by atoms with Crippen molar-refractivity contribution in [3.05, 3.63) is 0 Å². The topological polar surface area (TPSA) is 58.4 Å². The molecule has 20 heavy (non-hydrogen) atoms. The average molecular weight is 281 g/mol. The van der Waals surface area contributed by atoms with Gasteiger partial charge in [-0.25, -0.2) is 0 Å². The highest BCUT2D eigenvalue weighted by Gasteiger charge is 2.50. The monoisotopic (exact) mass is 281 g/mol. The number of primary amides is 1. The van der Waals surface area contributed by atoms with Crippen molar-refractivity contribution in [2.24, 2.45) is 17.6 Å². The summed E-state index contributed by atoms with van der Waals surface area (Å²) in [6.07, 6.45) is 7.40. The molecule has 0 aromatic heterocycles. The number of nitrogens with zero attached hydrogens (tertiary/aromatic N) is 1. The fourth-order valence-corrected chi connectivity index (χ4v) is 3.32. The molecule has 2 fully saturated rings. The third-order valence-corrected chi connectivity index (χ3v) is 5.07. The van der Waals surface area contributed by atoms with E-state index in [1.165, 1.54) is 19.3 Å². The van der Waals surface area contributed by atoms with E-state index < -0.39 is 5.54 Å². The first-order valence-electron chi connectivity index (χ1n) is 8.39. The first-order valence-corrected chi connectivity index (χ1v) is 8.39. The largest absolute Gasteiger partial charge is 0.368 e. The zero-order valence-electron chi connectivity index (χ0n) is 13.2. The van der Waals surface area contributed by atoms with Crippen LogP contribution in [0.2, 0.25) is 0 Å². The Morgan fingerprint density at radius 3 is 2.40 bits per heavy atom. The molecule has 0 radical (unpaired) electrons. The van der Waals surface area contributed by atoms with Crippen molar-refractivity contribution >= 4 is 5.91 Å². The molecular formula is C16H31N3O.